The molecule has 0 amide bonds. The summed E-state index contributed by atoms with van der Waals surface area (Å²) in [6.07, 6.45) is 9.98. The van der Waals surface area contributed by atoms with Crippen molar-refractivity contribution < 1.29 is 0 Å². The van der Waals surface area contributed by atoms with Gasteiger partial charge < -0.3 is 11.1 Å². The summed E-state index contributed by atoms with van der Waals surface area (Å²) < 4.78 is 0. The van der Waals surface area contributed by atoms with Gasteiger partial charge in [-0.3, -0.25) is 0 Å². The van der Waals surface area contributed by atoms with Gasteiger partial charge in [0.25, 0.3) is 0 Å². The second-order valence-corrected chi connectivity index (χ2v) is 3.68. The van der Waals surface area contributed by atoms with E-state index < -0.39 is 0 Å². The minimum Gasteiger partial charge on any atom is -0.328 e. The lowest BCUT2D eigenvalue weighted by atomic mass is 9.91. The first-order chi connectivity index (χ1) is 5.72. The molecule has 1 saturated carbocycles. The van der Waals surface area contributed by atoms with Crippen molar-refractivity contribution in [2.45, 2.75) is 50.7 Å². The third-order valence-electron chi connectivity index (χ3n) is 2.45. The highest BCUT2D eigenvalue weighted by atomic mass is 14.9. The van der Waals surface area contributed by atoms with Crippen LogP contribution >= 0.6 is 0 Å². The number of terminal acetylenes is 1. The third kappa shape index (κ3) is 2.84. The molecule has 1 rings (SSSR count). The first kappa shape index (κ1) is 9.57. The van der Waals surface area contributed by atoms with Gasteiger partial charge in [0.05, 0.1) is 6.04 Å². The molecular formula is C10H18N2. The maximum Gasteiger partial charge on any atom is 0.0660 e. The first-order valence-electron chi connectivity index (χ1n) is 4.70. The quantitative estimate of drug-likeness (QED) is 0.597. The lowest BCUT2D eigenvalue weighted by molar-refractivity contribution is 0.332. The molecule has 0 bridgehead atoms. The summed E-state index contributed by atoms with van der Waals surface area (Å²) >= 11 is 0. The van der Waals surface area contributed by atoms with Gasteiger partial charge in [0.15, 0.2) is 0 Å². The van der Waals surface area contributed by atoms with Gasteiger partial charge in [-0.05, 0) is 26.2 Å². The molecule has 3 N–H and O–H groups in total. The Hall–Kier alpha value is -0.520. The summed E-state index contributed by atoms with van der Waals surface area (Å²) in [6.45, 7) is 2.01. The Morgan fingerprint density at radius 3 is 2.92 bits per heavy atom. The van der Waals surface area contributed by atoms with Gasteiger partial charge in [0, 0.05) is 12.1 Å². The predicted molar refractivity (Wildman–Crippen MR) is 51.7 cm³/mol. The van der Waals surface area contributed by atoms with E-state index in [9.17, 15) is 0 Å². The van der Waals surface area contributed by atoms with Crippen molar-refractivity contribution in [3.05, 3.63) is 0 Å². The summed E-state index contributed by atoms with van der Waals surface area (Å²) in [6, 6.07) is 1.10. The van der Waals surface area contributed by atoms with Gasteiger partial charge in [-0.1, -0.05) is 12.3 Å². The highest BCUT2D eigenvalue weighted by Gasteiger charge is 2.19. The largest absolute Gasteiger partial charge is 0.328 e. The summed E-state index contributed by atoms with van der Waals surface area (Å²) in [5, 5.41) is 3.38. The van der Waals surface area contributed by atoms with E-state index in [1.54, 1.807) is 0 Å². The van der Waals surface area contributed by atoms with Crippen LogP contribution in [0.5, 0.6) is 0 Å². The maximum absolute atomic E-state index is 5.85. The van der Waals surface area contributed by atoms with Gasteiger partial charge >= 0.3 is 0 Å². The van der Waals surface area contributed by atoms with Crippen LogP contribution in [0, 0.1) is 12.3 Å². The minimum atomic E-state index is 0.181. The van der Waals surface area contributed by atoms with Crippen LogP contribution in [0.25, 0.3) is 0 Å². The molecule has 0 heterocycles. The zero-order chi connectivity index (χ0) is 8.97. The zero-order valence-corrected chi connectivity index (χ0v) is 7.72. The van der Waals surface area contributed by atoms with Crippen LogP contribution in [-0.2, 0) is 0 Å². The Balaban J connectivity index is 2.28. The first-order valence-corrected chi connectivity index (χ1v) is 4.70. The molecule has 0 radical (unpaired) electrons. The summed E-state index contributed by atoms with van der Waals surface area (Å²) in [4.78, 5) is 0. The monoisotopic (exact) mass is 166 g/mol. The van der Waals surface area contributed by atoms with Crippen LogP contribution in [0.2, 0.25) is 0 Å². The summed E-state index contributed by atoms with van der Waals surface area (Å²) in [5.41, 5.74) is 5.85. The molecule has 0 aromatic rings. The molecule has 1 aliphatic rings. The zero-order valence-electron chi connectivity index (χ0n) is 7.72. The van der Waals surface area contributed by atoms with Crippen LogP contribution in [-0.4, -0.2) is 18.1 Å². The average molecular weight is 166 g/mol. The van der Waals surface area contributed by atoms with Crippen molar-refractivity contribution in [2.24, 2.45) is 5.73 Å². The fraction of sp³-hybridized carbons (Fsp3) is 0.800. The Kier molecular flexibility index (Phi) is 3.58. The molecule has 1 aliphatic carbocycles. The Morgan fingerprint density at radius 1 is 1.58 bits per heavy atom. The molecule has 3 unspecified atom stereocenters. The maximum atomic E-state index is 5.85. The summed E-state index contributed by atoms with van der Waals surface area (Å²) in [7, 11) is 0. The molecule has 0 aliphatic heterocycles. The molecule has 0 aromatic heterocycles. The molecule has 2 nitrogen and oxygen atoms in total. The van der Waals surface area contributed by atoms with Crippen molar-refractivity contribution in [2.75, 3.05) is 0 Å². The predicted octanol–water partition coefficient (Wildman–Crippen LogP) is 0.868. The molecule has 2 heteroatoms. The minimum absolute atomic E-state index is 0.181. The summed E-state index contributed by atoms with van der Waals surface area (Å²) in [5.74, 6) is 2.68. The van der Waals surface area contributed by atoms with E-state index in [4.69, 9.17) is 12.2 Å². The van der Waals surface area contributed by atoms with E-state index in [0.29, 0.717) is 12.1 Å². The van der Waals surface area contributed by atoms with E-state index in [2.05, 4.69) is 11.2 Å². The standard InChI is InChI=1S/C10H18N2/c1-3-8(2)12-10-6-4-5-9(11)7-10/h1,8-10,12H,4-7,11H2,2H3. The Bertz CT molecular complexity index is 171. The van der Waals surface area contributed by atoms with E-state index in [1.807, 2.05) is 6.92 Å². The smallest absolute Gasteiger partial charge is 0.0660 e. The molecule has 12 heavy (non-hydrogen) atoms. The van der Waals surface area contributed by atoms with Crippen molar-refractivity contribution in [1.82, 2.24) is 5.32 Å². The van der Waals surface area contributed by atoms with Crippen LogP contribution in [0.3, 0.4) is 0 Å². The van der Waals surface area contributed by atoms with Crippen LogP contribution in [0.1, 0.15) is 32.6 Å². The molecule has 0 spiro atoms. The Labute approximate surface area is 74.9 Å². The van der Waals surface area contributed by atoms with E-state index in [1.165, 1.54) is 19.3 Å². The van der Waals surface area contributed by atoms with Crippen molar-refractivity contribution >= 4 is 0 Å². The number of rotatable bonds is 2. The molecule has 68 valence electrons. The van der Waals surface area contributed by atoms with E-state index in [-0.39, 0.29) is 6.04 Å². The van der Waals surface area contributed by atoms with Gasteiger partial charge in [-0.15, -0.1) is 6.42 Å². The van der Waals surface area contributed by atoms with Crippen LogP contribution < -0.4 is 11.1 Å². The fourth-order valence-corrected chi connectivity index (χ4v) is 1.78. The molecule has 0 saturated heterocycles. The van der Waals surface area contributed by atoms with Gasteiger partial charge in [0.1, 0.15) is 0 Å². The second kappa shape index (κ2) is 4.49. The van der Waals surface area contributed by atoms with Gasteiger partial charge in [0.2, 0.25) is 0 Å². The molecule has 0 aromatic carbocycles. The van der Waals surface area contributed by atoms with Gasteiger partial charge in [-0.2, -0.15) is 0 Å². The normalized spacial score (nSPS) is 32.4. The van der Waals surface area contributed by atoms with Crippen molar-refractivity contribution in [1.29, 1.82) is 0 Å². The number of nitrogens with one attached hydrogen (secondary N) is 1. The van der Waals surface area contributed by atoms with Crippen molar-refractivity contribution in [3.8, 4) is 12.3 Å². The van der Waals surface area contributed by atoms with E-state index >= 15 is 0 Å². The highest BCUT2D eigenvalue weighted by molar-refractivity contribution is 4.97. The van der Waals surface area contributed by atoms with Crippen LogP contribution in [0.4, 0.5) is 0 Å². The molecule has 1 fully saturated rings. The SMILES string of the molecule is C#CC(C)NC1CCCC(N)C1. The highest BCUT2D eigenvalue weighted by Crippen LogP contribution is 2.17. The second-order valence-electron chi connectivity index (χ2n) is 3.68. The Morgan fingerprint density at radius 2 is 2.33 bits per heavy atom. The number of nitrogens with two attached hydrogens (primary N) is 1. The number of hydrogen-bond acceptors (Lipinski definition) is 2. The van der Waals surface area contributed by atoms with Crippen LogP contribution in [0.15, 0.2) is 0 Å². The average Bonchev–Trinajstić information content (AvgIpc) is 2.04. The lowest BCUT2D eigenvalue weighted by Crippen LogP contribution is -2.42. The lowest BCUT2D eigenvalue weighted by Gasteiger charge is -2.28. The number of hydrogen-bond donors (Lipinski definition) is 2. The molecular weight excluding hydrogens is 148 g/mol. The fourth-order valence-electron chi connectivity index (χ4n) is 1.78. The topological polar surface area (TPSA) is 38.0 Å². The van der Waals surface area contributed by atoms with Crippen molar-refractivity contribution in [3.63, 3.8) is 0 Å². The molecule has 3 atom stereocenters. The third-order valence-corrected chi connectivity index (χ3v) is 2.45. The van der Waals surface area contributed by atoms with E-state index in [0.717, 1.165) is 6.42 Å². The van der Waals surface area contributed by atoms with Gasteiger partial charge in [-0.25, -0.2) is 0 Å².